The number of benzene rings is 1. The average molecular weight is 258 g/mol. The first-order valence-corrected chi connectivity index (χ1v) is 6.76. The predicted octanol–water partition coefficient (Wildman–Crippen LogP) is 3.33. The molecule has 19 heavy (non-hydrogen) atoms. The van der Waals surface area contributed by atoms with Crippen molar-refractivity contribution in [1.82, 2.24) is 5.32 Å². The van der Waals surface area contributed by atoms with Crippen LogP contribution in [-0.2, 0) is 13.1 Å². The van der Waals surface area contributed by atoms with Crippen LogP contribution in [0.1, 0.15) is 24.0 Å². The number of hydrogen-bond acceptors (Lipinski definition) is 3. The summed E-state index contributed by atoms with van der Waals surface area (Å²) in [7, 11) is 1.92. The molecule has 0 amide bonds. The summed E-state index contributed by atoms with van der Waals surface area (Å²) in [5.74, 6) is 1.99. The summed E-state index contributed by atoms with van der Waals surface area (Å²) >= 11 is 0. The number of aryl methyl sites for hydroxylation is 1. The van der Waals surface area contributed by atoms with E-state index in [2.05, 4.69) is 54.4 Å². The third-order valence-electron chi connectivity index (χ3n) is 3.20. The summed E-state index contributed by atoms with van der Waals surface area (Å²) in [4.78, 5) is 2.31. The maximum atomic E-state index is 5.80. The van der Waals surface area contributed by atoms with Crippen LogP contribution in [0.4, 0.5) is 5.69 Å². The molecule has 0 saturated heterocycles. The largest absolute Gasteiger partial charge is 0.463 e. The Hall–Kier alpha value is -1.74. The fraction of sp³-hybridized carbons (Fsp3) is 0.375. The fourth-order valence-corrected chi connectivity index (χ4v) is 2.11. The number of nitrogens with zero attached hydrogens (tertiary/aromatic N) is 1. The van der Waals surface area contributed by atoms with Crippen LogP contribution in [0.5, 0.6) is 0 Å². The lowest BCUT2D eigenvalue weighted by Crippen LogP contribution is -2.21. The molecule has 0 spiro atoms. The summed E-state index contributed by atoms with van der Waals surface area (Å²) in [5.41, 5.74) is 2.52. The molecule has 3 heteroatoms. The van der Waals surface area contributed by atoms with Gasteiger partial charge in [0.25, 0.3) is 0 Å². The molecule has 1 aromatic carbocycles. The topological polar surface area (TPSA) is 28.4 Å². The van der Waals surface area contributed by atoms with E-state index in [1.54, 1.807) is 0 Å². The molecule has 0 aliphatic heterocycles. The minimum atomic E-state index is 0.774. The monoisotopic (exact) mass is 258 g/mol. The lowest BCUT2D eigenvalue weighted by Gasteiger charge is -2.22. The first kappa shape index (κ1) is 13.7. The summed E-state index contributed by atoms with van der Waals surface area (Å²) in [6, 6.07) is 12.7. The molecule has 1 N–H and O–H groups in total. The SMILES string of the molecule is CCN(Cc1ccc(CNC)o1)c1ccc(C)cc1. The molecule has 0 atom stereocenters. The number of furan rings is 1. The molecule has 0 saturated carbocycles. The van der Waals surface area contributed by atoms with Crippen molar-refractivity contribution in [2.45, 2.75) is 26.9 Å². The zero-order chi connectivity index (χ0) is 13.7. The summed E-state index contributed by atoms with van der Waals surface area (Å²) < 4.78 is 5.80. The number of anilines is 1. The zero-order valence-corrected chi connectivity index (χ0v) is 11.9. The van der Waals surface area contributed by atoms with E-state index >= 15 is 0 Å². The standard InChI is InChI=1S/C16H22N2O/c1-4-18(14-7-5-13(2)6-8-14)12-16-10-9-15(19-16)11-17-3/h5-10,17H,4,11-12H2,1-3H3. The van der Waals surface area contributed by atoms with Gasteiger partial charge < -0.3 is 14.6 Å². The third-order valence-corrected chi connectivity index (χ3v) is 3.20. The second-order valence-corrected chi connectivity index (χ2v) is 4.75. The lowest BCUT2D eigenvalue weighted by molar-refractivity contribution is 0.451. The van der Waals surface area contributed by atoms with Crippen molar-refractivity contribution < 1.29 is 4.42 Å². The number of rotatable bonds is 6. The highest BCUT2D eigenvalue weighted by Gasteiger charge is 2.08. The van der Waals surface area contributed by atoms with Crippen molar-refractivity contribution in [3.8, 4) is 0 Å². The van der Waals surface area contributed by atoms with Crippen molar-refractivity contribution in [1.29, 1.82) is 0 Å². The minimum Gasteiger partial charge on any atom is -0.463 e. The Morgan fingerprint density at radius 2 is 1.74 bits per heavy atom. The second-order valence-electron chi connectivity index (χ2n) is 4.75. The van der Waals surface area contributed by atoms with Crippen LogP contribution < -0.4 is 10.2 Å². The smallest absolute Gasteiger partial charge is 0.123 e. The Bertz CT molecular complexity index is 502. The van der Waals surface area contributed by atoms with Gasteiger partial charge in [-0.2, -0.15) is 0 Å². The zero-order valence-electron chi connectivity index (χ0n) is 11.9. The van der Waals surface area contributed by atoms with Gasteiger partial charge in [0.1, 0.15) is 11.5 Å². The van der Waals surface area contributed by atoms with Crippen molar-refractivity contribution in [3.63, 3.8) is 0 Å². The van der Waals surface area contributed by atoms with Crippen LogP contribution in [0.15, 0.2) is 40.8 Å². The van der Waals surface area contributed by atoms with E-state index in [9.17, 15) is 0 Å². The van der Waals surface area contributed by atoms with Crippen molar-refractivity contribution >= 4 is 5.69 Å². The molecule has 102 valence electrons. The molecule has 2 rings (SSSR count). The Labute approximate surface area is 115 Å². The van der Waals surface area contributed by atoms with Crippen LogP contribution in [0.2, 0.25) is 0 Å². The summed E-state index contributed by atoms with van der Waals surface area (Å²) in [5, 5.41) is 3.10. The third kappa shape index (κ3) is 3.61. The number of hydrogen-bond donors (Lipinski definition) is 1. The van der Waals surface area contributed by atoms with Crippen LogP contribution >= 0.6 is 0 Å². The van der Waals surface area contributed by atoms with Gasteiger partial charge in [0.2, 0.25) is 0 Å². The van der Waals surface area contributed by atoms with E-state index in [-0.39, 0.29) is 0 Å². The van der Waals surface area contributed by atoms with E-state index in [4.69, 9.17) is 4.42 Å². The van der Waals surface area contributed by atoms with Gasteiger partial charge in [0, 0.05) is 12.2 Å². The van der Waals surface area contributed by atoms with Gasteiger partial charge in [-0.25, -0.2) is 0 Å². The number of nitrogens with one attached hydrogen (secondary N) is 1. The van der Waals surface area contributed by atoms with Crippen molar-refractivity contribution in [3.05, 3.63) is 53.5 Å². The van der Waals surface area contributed by atoms with Gasteiger partial charge in [-0.15, -0.1) is 0 Å². The molecule has 1 heterocycles. The van der Waals surface area contributed by atoms with Crippen LogP contribution in [0.25, 0.3) is 0 Å². The molecule has 1 aromatic heterocycles. The van der Waals surface area contributed by atoms with E-state index in [0.29, 0.717) is 0 Å². The molecule has 0 aliphatic rings. The van der Waals surface area contributed by atoms with Gasteiger partial charge >= 0.3 is 0 Å². The Morgan fingerprint density at radius 1 is 1.05 bits per heavy atom. The van der Waals surface area contributed by atoms with Crippen molar-refractivity contribution in [2.75, 3.05) is 18.5 Å². The van der Waals surface area contributed by atoms with Gasteiger partial charge in [0.15, 0.2) is 0 Å². The van der Waals surface area contributed by atoms with Crippen LogP contribution in [0.3, 0.4) is 0 Å². The summed E-state index contributed by atoms with van der Waals surface area (Å²) in [6.07, 6.45) is 0. The highest BCUT2D eigenvalue weighted by molar-refractivity contribution is 5.47. The molecule has 2 aromatic rings. The van der Waals surface area contributed by atoms with Crippen molar-refractivity contribution in [2.24, 2.45) is 0 Å². The Morgan fingerprint density at radius 3 is 2.37 bits per heavy atom. The molecule has 0 fully saturated rings. The Kier molecular flexibility index (Phi) is 4.63. The molecular weight excluding hydrogens is 236 g/mol. The maximum Gasteiger partial charge on any atom is 0.123 e. The average Bonchev–Trinajstić information content (AvgIpc) is 2.85. The molecule has 0 unspecified atom stereocenters. The first-order chi connectivity index (χ1) is 9.22. The normalized spacial score (nSPS) is 10.7. The molecule has 0 aliphatic carbocycles. The lowest BCUT2D eigenvalue weighted by atomic mass is 10.2. The summed E-state index contributed by atoms with van der Waals surface area (Å²) in [6.45, 7) is 6.82. The fourth-order valence-electron chi connectivity index (χ4n) is 2.11. The quantitative estimate of drug-likeness (QED) is 0.861. The van der Waals surface area contributed by atoms with Gasteiger partial charge in [-0.1, -0.05) is 17.7 Å². The second kappa shape index (κ2) is 6.43. The van der Waals surface area contributed by atoms with Gasteiger partial charge in [0.05, 0.1) is 13.1 Å². The molecule has 0 radical (unpaired) electrons. The Balaban J connectivity index is 2.07. The van der Waals surface area contributed by atoms with Gasteiger partial charge in [-0.05, 0) is 45.2 Å². The highest BCUT2D eigenvalue weighted by Crippen LogP contribution is 2.19. The van der Waals surface area contributed by atoms with E-state index in [1.807, 2.05) is 13.1 Å². The van der Waals surface area contributed by atoms with E-state index in [0.717, 1.165) is 31.2 Å². The maximum absolute atomic E-state index is 5.80. The van der Waals surface area contributed by atoms with Crippen LogP contribution in [-0.4, -0.2) is 13.6 Å². The van der Waals surface area contributed by atoms with Crippen LogP contribution in [0, 0.1) is 6.92 Å². The van der Waals surface area contributed by atoms with E-state index < -0.39 is 0 Å². The highest BCUT2D eigenvalue weighted by atomic mass is 16.3. The molecular formula is C16H22N2O. The molecule has 0 bridgehead atoms. The minimum absolute atomic E-state index is 0.774. The van der Waals surface area contributed by atoms with E-state index in [1.165, 1.54) is 11.3 Å². The predicted molar refractivity (Wildman–Crippen MR) is 79.4 cm³/mol. The molecule has 3 nitrogen and oxygen atoms in total. The first-order valence-electron chi connectivity index (χ1n) is 6.76. The van der Waals surface area contributed by atoms with Gasteiger partial charge in [-0.3, -0.25) is 0 Å².